The van der Waals surface area contributed by atoms with E-state index in [0.29, 0.717) is 18.8 Å². The predicted molar refractivity (Wildman–Crippen MR) is 91.0 cm³/mol. The van der Waals surface area contributed by atoms with E-state index in [1.807, 2.05) is 38.1 Å². The number of nitrogens with zero attached hydrogens (tertiary/aromatic N) is 1. The molecule has 5 nitrogen and oxygen atoms in total. The molecular formula is C18H27N3O2. The van der Waals surface area contributed by atoms with Crippen molar-refractivity contribution < 1.29 is 9.59 Å². The highest BCUT2D eigenvalue weighted by Crippen LogP contribution is 2.26. The Balaban J connectivity index is 2.17. The fourth-order valence-corrected chi connectivity index (χ4v) is 2.76. The molecule has 5 heteroatoms. The SMILES string of the molecule is CCC(N)(CC)CN1C(=O)NC(c2ccc(C(C)C)cc2)C1=O. The Morgan fingerprint density at radius 2 is 1.74 bits per heavy atom. The second kappa shape index (κ2) is 6.71. The highest BCUT2D eigenvalue weighted by Gasteiger charge is 2.41. The number of hydrogen-bond donors (Lipinski definition) is 2. The third kappa shape index (κ3) is 3.55. The second-order valence-electron chi connectivity index (χ2n) is 6.70. The lowest BCUT2D eigenvalue weighted by Crippen LogP contribution is -2.51. The molecule has 0 aliphatic carbocycles. The largest absolute Gasteiger partial charge is 0.325 e. The van der Waals surface area contributed by atoms with Crippen molar-refractivity contribution >= 4 is 11.9 Å². The zero-order valence-corrected chi connectivity index (χ0v) is 14.4. The minimum atomic E-state index is -0.610. The number of rotatable bonds is 6. The molecule has 1 fully saturated rings. The lowest BCUT2D eigenvalue weighted by Gasteiger charge is -2.30. The van der Waals surface area contributed by atoms with Crippen molar-refractivity contribution in [3.05, 3.63) is 35.4 Å². The number of urea groups is 1. The van der Waals surface area contributed by atoms with Gasteiger partial charge in [-0.3, -0.25) is 9.69 Å². The number of amides is 3. The van der Waals surface area contributed by atoms with E-state index < -0.39 is 11.6 Å². The first kappa shape index (κ1) is 17.5. The van der Waals surface area contributed by atoms with E-state index in [1.165, 1.54) is 10.5 Å². The van der Waals surface area contributed by atoms with E-state index >= 15 is 0 Å². The molecule has 1 aliphatic rings. The maximum Gasteiger partial charge on any atom is 0.325 e. The standard InChI is InChI=1S/C18H27N3O2/c1-5-18(19,6-2)11-21-16(22)15(20-17(21)23)14-9-7-13(8-10-14)12(3)4/h7-10,12,15H,5-6,11,19H2,1-4H3,(H,20,23). The highest BCUT2D eigenvalue weighted by atomic mass is 16.2. The first-order valence-electron chi connectivity index (χ1n) is 8.32. The monoisotopic (exact) mass is 317 g/mol. The van der Waals surface area contributed by atoms with Crippen molar-refractivity contribution in [3.8, 4) is 0 Å². The molecule has 3 amide bonds. The number of imide groups is 1. The van der Waals surface area contributed by atoms with Crippen LogP contribution < -0.4 is 11.1 Å². The van der Waals surface area contributed by atoms with Crippen molar-refractivity contribution in [1.82, 2.24) is 10.2 Å². The average Bonchev–Trinajstić information content (AvgIpc) is 2.82. The second-order valence-corrected chi connectivity index (χ2v) is 6.70. The Kier molecular flexibility index (Phi) is 5.09. The van der Waals surface area contributed by atoms with Crippen LogP contribution in [0.4, 0.5) is 4.79 Å². The number of nitrogens with one attached hydrogen (secondary N) is 1. The van der Waals surface area contributed by atoms with E-state index in [0.717, 1.165) is 5.56 Å². The first-order chi connectivity index (χ1) is 10.8. The van der Waals surface area contributed by atoms with Crippen molar-refractivity contribution in [1.29, 1.82) is 0 Å². The molecule has 0 radical (unpaired) electrons. The summed E-state index contributed by atoms with van der Waals surface area (Å²) in [4.78, 5) is 26.1. The van der Waals surface area contributed by atoms with Gasteiger partial charge in [0, 0.05) is 12.1 Å². The van der Waals surface area contributed by atoms with Crippen LogP contribution in [0.5, 0.6) is 0 Å². The molecule has 0 aromatic heterocycles. The van der Waals surface area contributed by atoms with Crippen LogP contribution >= 0.6 is 0 Å². The molecule has 23 heavy (non-hydrogen) atoms. The molecule has 0 spiro atoms. The van der Waals surface area contributed by atoms with Gasteiger partial charge in [-0.05, 0) is 29.9 Å². The van der Waals surface area contributed by atoms with Gasteiger partial charge in [-0.2, -0.15) is 0 Å². The fourth-order valence-electron chi connectivity index (χ4n) is 2.76. The highest BCUT2D eigenvalue weighted by molar-refractivity contribution is 6.04. The van der Waals surface area contributed by atoms with Crippen LogP contribution in [-0.2, 0) is 4.79 Å². The Labute approximate surface area is 138 Å². The molecule has 1 unspecified atom stereocenters. The summed E-state index contributed by atoms with van der Waals surface area (Å²) in [6, 6.07) is 6.88. The van der Waals surface area contributed by atoms with Gasteiger partial charge in [0.15, 0.2) is 0 Å². The summed E-state index contributed by atoms with van der Waals surface area (Å²) in [5.41, 5.74) is 7.76. The molecule has 0 bridgehead atoms. The summed E-state index contributed by atoms with van der Waals surface area (Å²) in [6.45, 7) is 8.45. The Hall–Kier alpha value is -1.88. The van der Waals surface area contributed by atoms with E-state index in [-0.39, 0.29) is 18.5 Å². The van der Waals surface area contributed by atoms with Crippen LogP contribution in [0.3, 0.4) is 0 Å². The first-order valence-corrected chi connectivity index (χ1v) is 8.32. The summed E-state index contributed by atoms with van der Waals surface area (Å²) in [5.74, 6) is 0.213. The zero-order valence-electron chi connectivity index (χ0n) is 14.4. The van der Waals surface area contributed by atoms with Crippen molar-refractivity contribution in [2.24, 2.45) is 5.73 Å². The number of nitrogens with two attached hydrogens (primary N) is 1. The molecule has 126 valence electrons. The lowest BCUT2D eigenvalue weighted by molar-refractivity contribution is -0.128. The molecule has 1 saturated heterocycles. The zero-order chi connectivity index (χ0) is 17.2. The lowest BCUT2D eigenvalue weighted by atomic mass is 9.93. The van der Waals surface area contributed by atoms with Gasteiger partial charge in [-0.1, -0.05) is 52.0 Å². The van der Waals surface area contributed by atoms with E-state index in [4.69, 9.17) is 5.73 Å². The van der Waals surface area contributed by atoms with Crippen LogP contribution in [0.25, 0.3) is 0 Å². The van der Waals surface area contributed by atoms with Gasteiger partial charge < -0.3 is 11.1 Å². The maximum absolute atomic E-state index is 12.6. The number of carbonyl (C=O) groups is 2. The summed E-state index contributed by atoms with van der Waals surface area (Å²) in [7, 11) is 0. The quantitative estimate of drug-likeness (QED) is 0.792. The molecule has 1 aromatic rings. The van der Waals surface area contributed by atoms with Gasteiger partial charge in [0.1, 0.15) is 6.04 Å². The van der Waals surface area contributed by atoms with Crippen LogP contribution in [-0.4, -0.2) is 28.9 Å². The van der Waals surface area contributed by atoms with Crippen molar-refractivity contribution in [2.45, 2.75) is 58.0 Å². The van der Waals surface area contributed by atoms with Gasteiger partial charge in [0.2, 0.25) is 0 Å². The number of benzene rings is 1. The van der Waals surface area contributed by atoms with Crippen molar-refractivity contribution in [2.75, 3.05) is 6.54 Å². The van der Waals surface area contributed by atoms with Crippen LogP contribution in [0.2, 0.25) is 0 Å². The molecular weight excluding hydrogens is 290 g/mol. The smallest absolute Gasteiger partial charge is 0.324 e. The predicted octanol–water partition coefficient (Wildman–Crippen LogP) is 2.92. The fraction of sp³-hybridized carbons (Fsp3) is 0.556. The van der Waals surface area contributed by atoms with Gasteiger partial charge in [-0.15, -0.1) is 0 Å². The minimum absolute atomic E-state index is 0.218. The van der Waals surface area contributed by atoms with Crippen LogP contribution in [0.1, 0.15) is 63.6 Å². The third-order valence-corrected chi connectivity index (χ3v) is 4.84. The Bertz CT molecular complexity index is 576. The topological polar surface area (TPSA) is 75.4 Å². The van der Waals surface area contributed by atoms with Crippen LogP contribution in [0.15, 0.2) is 24.3 Å². The average molecular weight is 317 g/mol. The van der Waals surface area contributed by atoms with E-state index in [1.54, 1.807) is 0 Å². The third-order valence-electron chi connectivity index (χ3n) is 4.84. The molecule has 1 heterocycles. The minimum Gasteiger partial charge on any atom is -0.324 e. The van der Waals surface area contributed by atoms with E-state index in [2.05, 4.69) is 19.2 Å². The van der Waals surface area contributed by atoms with Crippen LogP contribution in [0, 0.1) is 0 Å². The molecule has 1 aromatic carbocycles. The Morgan fingerprint density at radius 3 is 2.22 bits per heavy atom. The van der Waals surface area contributed by atoms with Gasteiger partial charge in [0.05, 0.1) is 0 Å². The molecule has 0 saturated carbocycles. The maximum atomic E-state index is 12.6. The normalized spacial score (nSPS) is 18.7. The number of carbonyl (C=O) groups excluding carboxylic acids is 2. The van der Waals surface area contributed by atoms with Gasteiger partial charge in [-0.25, -0.2) is 4.79 Å². The number of hydrogen-bond acceptors (Lipinski definition) is 3. The van der Waals surface area contributed by atoms with Gasteiger partial charge in [0.25, 0.3) is 5.91 Å². The summed E-state index contributed by atoms with van der Waals surface area (Å²) in [5, 5.41) is 2.77. The van der Waals surface area contributed by atoms with Gasteiger partial charge >= 0.3 is 6.03 Å². The van der Waals surface area contributed by atoms with E-state index in [9.17, 15) is 9.59 Å². The summed E-state index contributed by atoms with van der Waals surface area (Å²) in [6.07, 6.45) is 1.43. The Morgan fingerprint density at radius 1 is 1.17 bits per heavy atom. The van der Waals surface area contributed by atoms with Crippen molar-refractivity contribution in [3.63, 3.8) is 0 Å². The summed E-state index contributed by atoms with van der Waals surface area (Å²) < 4.78 is 0. The molecule has 1 aliphatic heterocycles. The molecule has 3 N–H and O–H groups in total. The summed E-state index contributed by atoms with van der Waals surface area (Å²) >= 11 is 0. The molecule has 2 rings (SSSR count). The molecule has 1 atom stereocenters.